The first-order valence-electron chi connectivity index (χ1n) is 6.64. The molecular weight excluding hydrogens is 278 g/mol. The molecule has 0 spiro atoms. The molecule has 1 aliphatic heterocycles. The van der Waals surface area contributed by atoms with Gasteiger partial charge in [-0.15, -0.1) is 0 Å². The number of amides is 2. The fourth-order valence-electron chi connectivity index (χ4n) is 2.22. The molecule has 116 valence electrons. The van der Waals surface area contributed by atoms with Crippen molar-refractivity contribution in [2.45, 2.75) is 12.5 Å². The lowest BCUT2D eigenvalue weighted by Gasteiger charge is -2.26. The Balaban J connectivity index is 1.81. The summed E-state index contributed by atoms with van der Waals surface area (Å²) in [4.78, 5) is 28.5. The van der Waals surface area contributed by atoms with Crippen LogP contribution in [0.5, 0.6) is 0 Å². The van der Waals surface area contributed by atoms with Gasteiger partial charge in [0.15, 0.2) is 5.82 Å². The molecule has 0 bridgehead atoms. The quantitative estimate of drug-likeness (QED) is 0.729. The maximum atomic E-state index is 12.0. The molecule has 1 saturated heterocycles. The molecule has 1 fully saturated rings. The Hall–Kier alpha value is -2.16. The predicted molar refractivity (Wildman–Crippen MR) is 71.6 cm³/mol. The second kappa shape index (κ2) is 6.53. The number of carbonyl (C=O) groups excluding carboxylic acids is 1. The summed E-state index contributed by atoms with van der Waals surface area (Å²) in [6.45, 7) is 0.761. The molecule has 21 heavy (non-hydrogen) atoms. The molecule has 2 heterocycles. The van der Waals surface area contributed by atoms with E-state index >= 15 is 0 Å². The van der Waals surface area contributed by atoms with Gasteiger partial charge in [-0.05, 0) is 0 Å². The lowest BCUT2D eigenvalue weighted by Crippen LogP contribution is -2.48. The number of nitrogens with zero attached hydrogens (tertiary/aromatic N) is 4. The van der Waals surface area contributed by atoms with Crippen molar-refractivity contribution in [2.24, 2.45) is 13.0 Å². The molecule has 1 aromatic rings. The van der Waals surface area contributed by atoms with Gasteiger partial charge in [-0.1, -0.05) is 0 Å². The number of aryl methyl sites for hydroxylation is 1. The molecule has 9 heteroatoms. The number of carbonyl (C=O) groups is 2. The van der Waals surface area contributed by atoms with E-state index in [0.717, 1.165) is 0 Å². The molecule has 0 radical (unpaired) electrons. The number of nitrogens with one attached hydrogen (secondary N) is 1. The number of carboxylic acids is 1. The average molecular weight is 297 g/mol. The van der Waals surface area contributed by atoms with Gasteiger partial charge < -0.3 is 20.1 Å². The van der Waals surface area contributed by atoms with Crippen molar-refractivity contribution in [2.75, 3.05) is 26.8 Å². The molecule has 9 nitrogen and oxygen atoms in total. The molecule has 1 aliphatic rings. The Morgan fingerprint density at radius 3 is 2.95 bits per heavy atom. The number of carboxylic acid groups (broad SMARTS) is 1. The number of hydrogen-bond acceptors (Lipinski definition) is 5. The number of aliphatic carboxylic acids is 1. The zero-order chi connectivity index (χ0) is 15.4. The molecule has 1 aromatic heterocycles. The minimum Gasteiger partial charge on any atom is -0.481 e. The molecule has 2 rings (SSSR count). The van der Waals surface area contributed by atoms with Crippen LogP contribution >= 0.6 is 0 Å². The highest BCUT2D eigenvalue weighted by Crippen LogP contribution is 2.18. The molecule has 2 amide bonds. The Morgan fingerprint density at radius 2 is 2.33 bits per heavy atom. The second-order valence-electron chi connectivity index (χ2n) is 4.98. The predicted octanol–water partition coefficient (Wildman–Crippen LogP) is -0.901. The van der Waals surface area contributed by atoms with Crippen molar-refractivity contribution >= 4 is 12.0 Å². The van der Waals surface area contributed by atoms with E-state index in [1.165, 1.54) is 4.90 Å². The fourth-order valence-corrected chi connectivity index (χ4v) is 2.22. The smallest absolute Gasteiger partial charge is 0.317 e. The number of rotatable bonds is 5. The molecule has 2 N–H and O–H groups in total. The van der Waals surface area contributed by atoms with Gasteiger partial charge in [0.1, 0.15) is 12.2 Å². The van der Waals surface area contributed by atoms with Gasteiger partial charge in [0.25, 0.3) is 0 Å². The summed E-state index contributed by atoms with van der Waals surface area (Å²) in [6, 6.07) is -0.775. The average Bonchev–Trinajstić information content (AvgIpc) is 3.06. The summed E-state index contributed by atoms with van der Waals surface area (Å²) in [6.07, 6.45) is 2.11. The van der Waals surface area contributed by atoms with E-state index in [1.807, 2.05) is 0 Å². The van der Waals surface area contributed by atoms with Crippen LogP contribution in [0, 0.1) is 5.92 Å². The zero-order valence-electron chi connectivity index (χ0n) is 12.0. The normalized spacial score (nSPS) is 21.2. The fraction of sp³-hybridized carbons (Fsp3) is 0.667. The largest absolute Gasteiger partial charge is 0.481 e. The van der Waals surface area contributed by atoms with Gasteiger partial charge in [-0.2, -0.15) is 5.10 Å². The van der Waals surface area contributed by atoms with Crippen LogP contribution in [-0.2, 0) is 23.0 Å². The number of urea groups is 1. The molecule has 2 atom stereocenters. The Kier molecular flexibility index (Phi) is 4.73. The van der Waals surface area contributed by atoms with Crippen LogP contribution in [-0.4, -0.2) is 69.6 Å². The van der Waals surface area contributed by atoms with Gasteiger partial charge in [0, 0.05) is 27.1 Å². The summed E-state index contributed by atoms with van der Waals surface area (Å²) in [7, 11) is 3.35. The molecular formula is C12H19N5O4. The number of aromatic nitrogens is 3. The van der Waals surface area contributed by atoms with Crippen LogP contribution in [0.4, 0.5) is 4.79 Å². The third-order valence-corrected chi connectivity index (χ3v) is 3.46. The van der Waals surface area contributed by atoms with E-state index in [4.69, 9.17) is 9.84 Å². The molecule has 0 saturated carbocycles. The van der Waals surface area contributed by atoms with Crippen LogP contribution in [0.15, 0.2) is 6.33 Å². The first-order chi connectivity index (χ1) is 9.99. The monoisotopic (exact) mass is 297 g/mol. The minimum atomic E-state index is -0.949. The second-order valence-corrected chi connectivity index (χ2v) is 4.98. The van der Waals surface area contributed by atoms with Gasteiger partial charge >= 0.3 is 12.0 Å². The van der Waals surface area contributed by atoms with Crippen molar-refractivity contribution in [3.8, 4) is 0 Å². The van der Waals surface area contributed by atoms with Gasteiger partial charge in [0.2, 0.25) is 0 Å². The van der Waals surface area contributed by atoms with Gasteiger partial charge in [0.05, 0.1) is 19.3 Å². The van der Waals surface area contributed by atoms with Gasteiger partial charge in [-0.3, -0.25) is 9.48 Å². The summed E-state index contributed by atoms with van der Waals surface area (Å²) >= 11 is 0. The first-order valence-corrected chi connectivity index (χ1v) is 6.64. The molecule has 2 unspecified atom stereocenters. The number of ether oxygens (including phenoxy) is 1. The van der Waals surface area contributed by atoms with Crippen LogP contribution < -0.4 is 5.32 Å². The van der Waals surface area contributed by atoms with Crippen LogP contribution in [0.25, 0.3) is 0 Å². The first kappa shape index (κ1) is 15.2. The summed E-state index contributed by atoms with van der Waals surface area (Å²) in [5, 5.41) is 15.9. The van der Waals surface area contributed by atoms with Crippen molar-refractivity contribution in [1.29, 1.82) is 0 Å². The van der Waals surface area contributed by atoms with Crippen LogP contribution in [0.3, 0.4) is 0 Å². The Morgan fingerprint density at radius 1 is 1.57 bits per heavy atom. The minimum absolute atomic E-state index is 0.134. The highest BCUT2D eigenvalue weighted by molar-refractivity contribution is 5.77. The molecule has 0 aromatic carbocycles. The maximum Gasteiger partial charge on any atom is 0.317 e. The summed E-state index contributed by atoms with van der Waals surface area (Å²) in [5.41, 5.74) is 0. The number of likely N-dealkylation sites (N-methyl/N-ethyl adjacent to an activating group) is 1. The van der Waals surface area contributed by atoms with E-state index in [0.29, 0.717) is 18.8 Å². The Bertz CT molecular complexity index is 518. The summed E-state index contributed by atoms with van der Waals surface area (Å²) < 4.78 is 6.75. The van der Waals surface area contributed by atoms with Crippen molar-refractivity contribution in [3.63, 3.8) is 0 Å². The van der Waals surface area contributed by atoms with E-state index in [9.17, 15) is 9.59 Å². The van der Waals surface area contributed by atoms with Crippen LogP contribution in [0.2, 0.25) is 0 Å². The highest BCUT2D eigenvalue weighted by atomic mass is 16.5. The SMILES string of the molecule is CN(C(=O)NCCc1ncn(C)n1)C1COCC1C(=O)O. The number of hydrogen-bond donors (Lipinski definition) is 2. The lowest BCUT2D eigenvalue weighted by molar-refractivity contribution is -0.142. The van der Waals surface area contributed by atoms with E-state index in [1.54, 1.807) is 25.1 Å². The molecule has 0 aliphatic carbocycles. The van der Waals surface area contributed by atoms with Crippen molar-refractivity contribution in [3.05, 3.63) is 12.2 Å². The van der Waals surface area contributed by atoms with E-state index in [2.05, 4.69) is 15.4 Å². The van der Waals surface area contributed by atoms with Gasteiger partial charge in [-0.25, -0.2) is 9.78 Å². The maximum absolute atomic E-state index is 12.0. The lowest BCUT2D eigenvalue weighted by atomic mass is 10.0. The van der Waals surface area contributed by atoms with Crippen molar-refractivity contribution < 1.29 is 19.4 Å². The van der Waals surface area contributed by atoms with E-state index < -0.39 is 17.9 Å². The van der Waals surface area contributed by atoms with Crippen molar-refractivity contribution in [1.82, 2.24) is 25.0 Å². The standard InChI is InChI=1S/C12H19N5O4/c1-16-7-14-10(15-16)3-4-13-12(20)17(2)9-6-21-5-8(9)11(18)19/h7-9H,3-6H2,1-2H3,(H,13,20)(H,18,19). The summed E-state index contributed by atoms with van der Waals surface area (Å²) in [5.74, 6) is -0.985. The topological polar surface area (TPSA) is 110 Å². The third-order valence-electron chi connectivity index (χ3n) is 3.46. The zero-order valence-corrected chi connectivity index (χ0v) is 12.0. The van der Waals surface area contributed by atoms with Crippen LogP contribution in [0.1, 0.15) is 5.82 Å². The van der Waals surface area contributed by atoms with E-state index in [-0.39, 0.29) is 19.2 Å². The Labute approximate surface area is 121 Å². The third kappa shape index (κ3) is 3.69. The highest BCUT2D eigenvalue weighted by Gasteiger charge is 2.38.